The maximum Gasteiger partial charge on any atom is 0.124 e. The van der Waals surface area contributed by atoms with Crippen molar-refractivity contribution in [1.82, 2.24) is 10.3 Å². The topological polar surface area (TPSA) is 34.2 Å². The maximum absolute atomic E-state index is 13.1. The monoisotopic (exact) mass is 382 g/mol. The molecule has 4 rings (SSSR count). The third-order valence-electron chi connectivity index (χ3n) is 4.73. The largest absolute Gasteiger partial charge is 0.489 e. The van der Waals surface area contributed by atoms with Crippen LogP contribution in [0.2, 0.25) is 5.02 Å². The maximum atomic E-state index is 13.1. The van der Waals surface area contributed by atoms with Crippen LogP contribution in [0.5, 0.6) is 5.75 Å². The molecule has 0 fully saturated rings. The van der Waals surface area contributed by atoms with Crippen molar-refractivity contribution in [2.45, 2.75) is 25.5 Å². The van der Waals surface area contributed by atoms with Gasteiger partial charge >= 0.3 is 0 Å². The molecule has 1 aliphatic rings. The van der Waals surface area contributed by atoms with Crippen LogP contribution in [0.4, 0.5) is 4.39 Å². The number of hydrogen-bond acceptors (Lipinski definition) is 3. The minimum absolute atomic E-state index is 0.129. The van der Waals surface area contributed by atoms with E-state index in [9.17, 15) is 4.39 Å². The van der Waals surface area contributed by atoms with Crippen LogP contribution in [-0.2, 0) is 13.0 Å². The Morgan fingerprint density at radius 3 is 2.78 bits per heavy atom. The minimum Gasteiger partial charge on any atom is -0.489 e. The Balaban J connectivity index is 1.34. The Morgan fingerprint density at radius 2 is 1.93 bits per heavy atom. The number of pyridine rings is 1. The van der Waals surface area contributed by atoms with E-state index in [2.05, 4.69) is 16.4 Å². The number of rotatable bonds is 5. The van der Waals surface area contributed by atoms with Gasteiger partial charge < -0.3 is 10.1 Å². The van der Waals surface area contributed by atoms with Crippen LogP contribution in [0.1, 0.15) is 17.5 Å². The second-order valence-electron chi connectivity index (χ2n) is 6.75. The van der Waals surface area contributed by atoms with E-state index in [1.165, 1.54) is 17.7 Å². The molecule has 0 aliphatic carbocycles. The molecule has 0 bridgehead atoms. The molecule has 0 spiro atoms. The van der Waals surface area contributed by atoms with Crippen molar-refractivity contribution in [2.75, 3.05) is 6.54 Å². The van der Waals surface area contributed by atoms with Gasteiger partial charge in [0.15, 0.2) is 0 Å². The van der Waals surface area contributed by atoms with E-state index in [4.69, 9.17) is 16.3 Å². The SMILES string of the molecule is Fc1ccc(-c2cncc(CNCC3CCc4ccc(Cl)cc4O3)c2)cc1. The summed E-state index contributed by atoms with van der Waals surface area (Å²) in [4.78, 5) is 4.31. The van der Waals surface area contributed by atoms with Gasteiger partial charge in [0.1, 0.15) is 17.7 Å². The molecule has 2 aromatic carbocycles. The molecule has 1 N–H and O–H groups in total. The van der Waals surface area contributed by atoms with Gasteiger partial charge in [-0.3, -0.25) is 4.98 Å². The van der Waals surface area contributed by atoms with E-state index in [0.717, 1.165) is 41.8 Å². The van der Waals surface area contributed by atoms with Crippen LogP contribution < -0.4 is 10.1 Å². The molecule has 3 nitrogen and oxygen atoms in total. The lowest BCUT2D eigenvalue weighted by atomic mass is 10.0. The summed E-state index contributed by atoms with van der Waals surface area (Å²) >= 11 is 6.06. The van der Waals surface area contributed by atoms with E-state index in [0.29, 0.717) is 11.6 Å². The number of nitrogens with zero attached hydrogens (tertiary/aromatic N) is 1. The van der Waals surface area contributed by atoms with Gasteiger partial charge in [-0.15, -0.1) is 0 Å². The smallest absolute Gasteiger partial charge is 0.124 e. The predicted octanol–water partition coefficient (Wildman–Crippen LogP) is 5.02. The molecule has 3 aromatic rings. The normalized spacial score (nSPS) is 15.9. The number of nitrogens with one attached hydrogen (secondary N) is 1. The number of ether oxygens (including phenoxy) is 1. The molecule has 0 amide bonds. The van der Waals surface area contributed by atoms with Crippen molar-refractivity contribution in [3.63, 3.8) is 0 Å². The summed E-state index contributed by atoms with van der Waals surface area (Å²) < 4.78 is 19.2. The number of fused-ring (bicyclic) bond motifs is 1. The highest BCUT2D eigenvalue weighted by atomic mass is 35.5. The van der Waals surface area contributed by atoms with Gasteiger partial charge in [0.2, 0.25) is 0 Å². The second-order valence-corrected chi connectivity index (χ2v) is 7.19. The first-order valence-corrected chi connectivity index (χ1v) is 9.41. The average molecular weight is 383 g/mol. The quantitative estimate of drug-likeness (QED) is 0.672. The Hall–Kier alpha value is -2.43. The molecule has 1 atom stereocenters. The molecule has 1 unspecified atom stereocenters. The standard InChI is InChI=1S/C22H20ClFN2O/c23-19-5-1-17-4-8-21(27-22(17)10-19)14-26-12-15-9-18(13-25-11-15)16-2-6-20(24)7-3-16/h1-3,5-7,9-11,13,21,26H,4,8,12,14H2. The minimum atomic E-state index is -0.236. The first-order chi connectivity index (χ1) is 13.2. The van der Waals surface area contributed by atoms with E-state index >= 15 is 0 Å². The van der Waals surface area contributed by atoms with Crippen molar-refractivity contribution < 1.29 is 9.13 Å². The van der Waals surface area contributed by atoms with E-state index in [1.54, 1.807) is 18.3 Å². The highest BCUT2D eigenvalue weighted by Crippen LogP contribution is 2.30. The van der Waals surface area contributed by atoms with Crippen LogP contribution in [0.15, 0.2) is 60.9 Å². The summed E-state index contributed by atoms with van der Waals surface area (Å²) in [6, 6.07) is 14.4. The van der Waals surface area contributed by atoms with Crippen molar-refractivity contribution in [3.05, 3.63) is 82.9 Å². The molecule has 0 saturated carbocycles. The van der Waals surface area contributed by atoms with Gasteiger partial charge in [-0.05, 0) is 59.9 Å². The fourth-order valence-electron chi connectivity index (χ4n) is 3.31. The van der Waals surface area contributed by atoms with Crippen molar-refractivity contribution in [2.24, 2.45) is 0 Å². The molecule has 138 valence electrons. The van der Waals surface area contributed by atoms with Gasteiger partial charge in [0, 0.05) is 36.1 Å². The fraction of sp³-hybridized carbons (Fsp3) is 0.227. The Kier molecular flexibility index (Phi) is 5.37. The molecule has 1 aromatic heterocycles. The first kappa shape index (κ1) is 18.0. The lowest BCUT2D eigenvalue weighted by Crippen LogP contribution is -2.34. The number of benzene rings is 2. The molecular formula is C22H20ClFN2O. The highest BCUT2D eigenvalue weighted by Gasteiger charge is 2.19. The lowest BCUT2D eigenvalue weighted by Gasteiger charge is -2.26. The molecular weight excluding hydrogens is 363 g/mol. The molecule has 2 heterocycles. The Bertz CT molecular complexity index is 930. The van der Waals surface area contributed by atoms with Gasteiger partial charge in [0.05, 0.1) is 0 Å². The zero-order valence-corrected chi connectivity index (χ0v) is 15.5. The molecule has 0 saturated heterocycles. The second kappa shape index (κ2) is 8.07. The van der Waals surface area contributed by atoms with Crippen LogP contribution in [0.25, 0.3) is 11.1 Å². The third kappa shape index (κ3) is 4.46. The Morgan fingerprint density at radius 1 is 1.07 bits per heavy atom. The van der Waals surface area contributed by atoms with Crippen LogP contribution in [0, 0.1) is 5.82 Å². The van der Waals surface area contributed by atoms with E-state index < -0.39 is 0 Å². The summed E-state index contributed by atoms with van der Waals surface area (Å²) in [7, 11) is 0. The summed E-state index contributed by atoms with van der Waals surface area (Å²) in [5.41, 5.74) is 4.23. The van der Waals surface area contributed by atoms with Crippen LogP contribution in [0.3, 0.4) is 0 Å². The molecule has 0 radical (unpaired) electrons. The number of aryl methyl sites for hydroxylation is 1. The summed E-state index contributed by atoms with van der Waals surface area (Å²) in [5.74, 6) is 0.653. The average Bonchev–Trinajstić information content (AvgIpc) is 2.68. The van der Waals surface area contributed by atoms with Crippen LogP contribution in [-0.4, -0.2) is 17.6 Å². The van der Waals surface area contributed by atoms with Gasteiger partial charge in [-0.25, -0.2) is 4.39 Å². The van der Waals surface area contributed by atoms with Crippen molar-refractivity contribution in [1.29, 1.82) is 0 Å². The first-order valence-electron chi connectivity index (χ1n) is 9.03. The number of aromatic nitrogens is 1. The fourth-order valence-corrected chi connectivity index (χ4v) is 3.47. The Labute approximate surface area is 163 Å². The summed E-state index contributed by atoms with van der Waals surface area (Å²) in [6.45, 7) is 1.46. The highest BCUT2D eigenvalue weighted by molar-refractivity contribution is 6.30. The zero-order chi connectivity index (χ0) is 18.6. The van der Waals surface area contributed by atoms with Gasteiger partial charge in [0.25, 0.3) is 0 Å². The summed E-state index contributed by atoms with van der Waals surface area (Å²) in [6.07, 6.45) is 5.75. The molecule has 27 heavy (non-hydrogen) atoms. The lowest BCUT2D eigenvalue weighted by molar-refractivity contribution is 0.170. The number of halogens is 2. The van der Waals surface area contributed by atoms with Gasteiger partial charge in [-0.1, -0.05) is 29.8 Å². The van der Waals surface area contributed by atoms with Crippen molar-refractivity contribution in [3.8, 4) is 16.9 Å². The van der Waals surface area contributed by atoms with E-state index in [1.807, 2.05) is 24.4 Å². The predicted molar refractivity (Wildman–Crippen MR) is 106 cm³/mol. The third-order valence-corrected chi connectivity index (χ3v) is 4.97. The molecule has 1 aliphatic heterocycles. The van der Waals surface area contributed by atoms with E-state index in [-0.39, 0.29) is 11.9 Å². The van der Waals surface area contributed by atoms with Gasteiger partial charge in [-0.2, -0.15) is 0 Å². The summed E-state index contributed by atoms with van der Waals surface area (Å²) in [5, 5.41) is 4.15. The molecule has 5 heteroatoms. The number of hydrogen-bond donors (Lipinski definition) is 1. The zero-order valence-electron chi connectivity index (χ0n) is 14.8. The van der Waals surface area contributed by atoms with Crippen molar-refractivity contribution >= 4 is 11.6 Å². The van der Waals surface area contributed by atoms with Crippen LogP contribution >= 0.6 is 11.6 Å².